The van der Waals surface area contributed by atoms with Crippen LogP contribution in [0.15, 0.2) is 36.4 Å². The van der Waals surface area contributed by atoms with E-state index in [4.69, 9.17) is 0 Å². The summed E-state index contributed by atoms with van der Waals surface area (Å²) in [4.78, 5) is 14.9. The lowest BCUT2D eigenvalue weighted by atomic mass is 10.1. The van der Waals surface area contributed by atoms with Crippen molar-refractivity contribution in [2.75, 3.05) is 20.8 Å². The number of hydrogen-bond acceptors (Lipinski definition) is 5. The number of hydrogen-bond donors (Lipinski definition) is 1. The van der Waals surface area contributed by atoms with Crippen molar-refractivity contribution in [3.05, 3.63) is 57.5 Å². The molecule has 118 valence electrons. The highest BCUT2D eigenvalue weighted by Gasteiger charge is 2.18. The molecule has 1 aromatic carbocycles. The molecule has 0 saturated carbocycles. The second-order valence-electron chi connectivity index (χ2n) is 4.93. The van der Waals surface area contributed by atoms with Crippen molar-refractivity contribution in [1.29, 1.82) is 0 Å². The maximum Gasteiger partial charge on any atom is 0.348 e. The summed E-state index contributed by atoms with van der Waals surface area (Å²) in [5.41, 5.74) is 0.717. The topological polar surface area (TPSA) is 49.8 Å². The number of methoxy groups -OCH3 is 1. The predicted octanol–water partition coefficient (Wildman–Crippen LogP) is 2.84. The molecule has 0 spiro atoms. The molecule has 6 heteroatoms. The first-order valence-corrected chi connectivity index (χ1v) is 7.60. The number of ether oxygens (including phenoxy) is 1. The third kappa shape index (κ3) is 3.91. The largest absolute Gasteiger partial charge is 0.465 e. The summed E-state index contributed by atoms with van der Waals surface area (Å²) in [6, 6.07) is 9.48. The van der Waals surface area contributed by atoms with Gasteiger partial charge in [0.15, 0.2) is 0 Å². The Balaban J connectivity index is 2.11. The van der Waals surface area contributed by atoms with E-state index < -0.39 is 0 Å². The Morgan fingerprint density at radius 2 is 2.18 bits per heavy atom. The molecule has 1 heterocycles. The van der Waals surface area contributed by atoms with Crippen LogP contribution in [0.1, 0.15) is 26.2 Å². The zero-order valence-corrected chi connectivity index (χ0v) is 13.3. The number of likely N-dealkylation sites (N-methyl/N-ethyl adjacent to an activating group) is 1. The van der Waals surface area contributed by atoms with Gasteiger partial charge < -0.3 is 9.84 Å². The van der Waals surface area contributed by atoms with Crippen molar-refractivity contribution in [3.8, 4) is 0 Å². The average Bonchev–Trinajstić information content (AvgIpc) is 2.95. The highest BCUT2D eigenvalue weighted by Crippen LogP contribution is 2.24. The molecule has 1 N–H and O–H groups in total. The summed E-state index contributed by atoms with van der Waals surface area (Å²) in [5, 5.41) is 9.62. The Bertz CT molecular complexity index is 644. The molecule has 1 atom stereocenters. The van der Waals surface area contributed by atoms with Crippen LogP contribution < -0.4 is 0 Å². The van der Waals surface area contributed by atoms with Crippen LogP contribution in [0, 0.1) is 5.82 Å². The van der Waals surface area contributed by atoms with Crippen LogP contribution in [0.5, 0.6) is 0 Å². The fourth-order valence-electron chi connectivity index (χ4n) is 2.24. The molecular formula is C16H18FNO3S. The number of benzene rings is 1. The number of rotatable bonds is 6. The highest BCUT2D eigenvalue weighted by molar-refractivity contribution is 7.13. The van der Waals surface area contributed by atoms with Crippen molar-refractivity contribution in [3.63, 3.8) is 0 Å². The van der Waals surface area contributed by atoms with Gasteiger partial charge in [-0.2, -0.15) is 0 Å². The van der Waals surface area contributed by atoms with E-state index in [0.29, 0.717) is 11.4 Å². The molecule has 0 aliphatic rings. The number of aliphatic hydroxyl groups is 1. The van der Waals surface area contributed by atoms with Crippen LogP contribution in [0.3, 0.4) is 0 Å². The van der Waals surface area contributed by atoms with Crippen LogP contribution >= 0.6 is 11.3 Å². The zero-order chi connectivity index (χ0) is 16.1. The fourth-order valence-corrected chi connectivity index (χ4v) is 3.23. The lowest BCUT2D eigenvalue weighted by Gasteiger charge is -2.26. The van der Waals surface area contributed by atoms with E-state index in [1.807, 2.05) is 18.0 Å². The van der Waals surface area contributed by atoms with Gasteiger partial charge in [-0.05, 0) is 36.9 Å². The third-order valence-corrected chi connectivity index (χ3v) is 4.44. The van der Waals surface area contributed by atoms with Crippen LogP contribution in [0.4, 0.5) is 4.39 Å². The average molecular weight is 323 g/mol. The van der Waals surface area contributed by atoms with E-state index >= 15 is 0 Å². The quantitative estimate of drug-likeness (QED) is 0.831. The van der Waals surface area contributed by atoms with Gasteiger partial charge in [-0.25, -0.2) is 9.18 Å². The molecule has 22 heavy (non-hydrogen) atoms. The number of esters is 1. The van der Waals surface area contributed by atoms with E-state index in [1.165, 1.54) is 30.6 Å². The highest BCUT2D eigenvalue weighted by atomic mass is 32.1. The second kappa shape index (κ2) is 7.49. The summed E-state index contributed by atoms with van der Waals surface area (Å²) < 4.78 is 18.0. The van der Waals surface area contributed by atoms with Gasteiger partial charge in [0.25, 0.3) is 0 Å². The lowest BCUT2D eigenvalue weighted by molar-refractivity contribution is 0.0606. The number of carbonyl (C=O) groups excluding carboxylic acids is 1. The maximum atomic E-state index is 13.3. The van der Waals surface area contributed by atoms with E-state index in [-0.39, 0.29) is 24.4 Å². The summed E-state index contributed by atoms with van der Waals surface area (Å²) >= 11 is 1.35. The molecule has 4 nitrogen and oxygen atoms in total. The zero-order valence-electron chi connectivity index (χ0n) is 12.5. The van der Waals surface area contributed by atoms with Crippen LogP contribution in [-0.4, -0.2) is 36.7 Å². The van der Waals surface area contributed by atoms with Crippen LogP contribution in [0.2, 0.25) is 0 Å². The van der Waals surface area contributed by atoms with E-state index in [9.17, 15) is 14.3 Å². The van der Waals surface area contributed by atoms with Crippen molar-refractivity contribution < 1.29 is 19.0 Å². The van der Waals surface area contributed by atoms with Gasteiger partial charge in [-0.15, -0.1) is 11.3 Å². The van der Waals surface area contributed by atoms with E-state index in [2.05, 4.69) is 4.74 Å². The third-order valence-electron chi connectivity index (χ3n) is 3.39. The van der Waals surface area contributed by atoms with Crippen molar-refractivity contribution >= 4 is 17.3 Å². The first kappa shape index (κ1) is 16.6. The lowest BCUT2D eigenvalue weighted by Crippen LogP contribution is -2.26. The SMILES string of the molecule is COC(=O)c1ccc(CN(C)[C@@H](CO)c2cccc(F)c2)s1. The summed E-state index contributed by atoms with van der Waals surface area (Å²) in [7, 11) is 3.20. The molecule has 0 unspecified atom stereocenters. The first-order chi connectivity index (χ1) is 10.5. The van der Waals surface area contributed by atoms with Crippen molar-refractivity contribution in [1.82, 2.24) is 4.90 Å². The van der Waals surface area contributed by atoms with Gasteiger partial charge in [0.1, 0.15) is 10.7 Å². The Morgan fingerprint density at radius 3 is 2.82 bits per heavy atom. The molecule has 0 fully saturated rings. The fraction of sp³-hybridized carbons (Fsp3) is 0.312. The molecule has 0 saturated heterocycles. The number of halogens is 1. The minimum atomic E-state index is -0.359. The number of thiophene rings is 1. The Morgan fingerprint density at radius 1 is 1.41 bits per heavy atom. The van der Waals surface area contributed by atoms with Gasteiger partial charge in [-0.3, -0.25) is 4.90 Å². The summed E-state index contributed by atoms with van der Waals surface area (Å²) in [6.45, 7) is 0.429. The van der Waals surface area contributed by atoms with Gasteiger partial charge in [0.2, 0.25) is 0 Å². The standard InChI is InChI=1S/C16H18FNO3S/c1-18(9-13-6-7-15(22-13)16(20)21-2)14(10-19)11-4-3-5-12(17)8-11/h3-8,14,19H,9-10H2,1-2H3/t14-/m0/s1. The molecule has 0 radical (unpaired) electrons. The molecule has 0 aliphatic carbocycles. The van der Waals surface area contributed by atoms with Crippen molar-refractivity contribution in [2.24, 2.45) is 0 Å². The maximum absolute atomic E-state index is 13.3. The Labute approximate surface area is 132 Å². The van der Waals surface area contributed by atoms with Crippen LogP contribution in [-0.2, 0) is 11.3 Å². The smallest absolute Gasteiger partial charge is 0.348 e. The Hall–Kier alpha value is -1.76. The monoisotopic (exact) mass is 323 g/mol. The molecule has 2 aromatic rings. The molecular weight excluding hydrogens is 305 g/mol. The van der Waals surface area contributed by atoms with Gasteiger partial charge in [0, 0.05) is 11.4 Å². The predicted molar refractivity (Wildman–Crippen MR) is 83.4 cm³/mol. The van der Waals surface area contributed by atoms with Gasteiger partial charge in [0.05, 0.1) is 19.8 Å². The normalized spacial score (nSPS) is 12.4. The molecule has 2 rings (SSSR count). The molecule has 0 aliphatic heterocycles. The molecule has 0 amide bonds. The number of carbonyl (C=O) groups is 1. The van der Waals surface area contributed by atoms with Crippen molar-refractivity contribution in [2.45, 2.75) is 12.6 Å². The van der Waals surface area contributed by atoms with Gasteiger partial charge in [-0.1, -0.05) is 12.1 Å². The first-order valence-electron chi connectivity index (χ1n) is 6.78. The molecule has 1 aromatic heterocycles. The van der Waals surface area contributed by atoms with E-state index in [0.717, 1.165) is 10.4 Å². The van der Waals surface area contributed by atoms with Gasteiger partial charge >= 0.3 is 5.97 Å². The summed E-state index contributed by atoms with van der Waals surface area (Å²) in [5.74, 6) is -0.684. The number of nitrogens with zero attached hydrogens (tertiary/aromatic N) is 1. The Kier molecular flexibility index (Phi) is 5.65. The number of aliphatic hydroxyl groups excluding tert-OH is 1. The second-order valence-corrected chi connectivity index (χ2v) is 6.09. The van der Waals surface area contributed by atoms with E-state index in [1.54, 1.807) is 18.2 Å². The summed E-state index contributed by atoms with van der Waals surface area (Å²) in [6.07, 6.45) is 0. The van der Waals surface area contributed by atoms with Crippen LogP contribution in [0.25, 0.3) is 0 Å². The minimum Gasteiger partial charge on any atom is -0.465 e. The minimum absolute atomic E-state index is 0.116. The molecule has 0 bridgehead atoms.